The number of carbonyl (C=O) groups is 3. The summed E-state index contributed by atoms with van der Waals surface area (Å²) in [6.07, 6.45) is -2.29. The van der Waals surface area contributed by atoms with Gasteiger partial charge in [0.2, 0.25) is 0 Å². The Morgan fingerprint density at radius 3 is 1.18 bits per heavy atom. The van der Waals surface area contributed by atoms with Gasteiger partial charge in [0.25, 0.3) is 0 Å². The van der Waals surface area contributed by atoms with Gasteiger partial charge in [-0.05, 0) is 0 Å². The topological polar surface area (TPSA) is 132 Å². The zero-order chi connectivity index (χ0) is 10.6. The molecule has 0 aromatic heterocycles. The summed E-state index contributed by atoms with van der Waals surface area (Å²) in [5, 5.41) is 33.8. The van der Waals surface area contributed by atoms with Crippen LogP contribution in [0, 0.1) is 0 Å². The predicted molar refractivity (Wildman–Crippen MR) is 68.8 cm³/mol. The molecular weight excluding hydrogens is 412 g/mol. The van der Waals surface area contributed by atoms with E-state index in [1.807, 2.05) is 0 Å². The van der Waals surface area contributed by atoms with E-state index in [1.54, 1.807) is 0 Å². The molecule has 0 atom stereocenters. The van der Waals surface area contributed by atoms with Crippen molar-refractivity contribution in [1.82, 2.24) is 0 Å². The second-order valence-electron chi connectivity index (χ2n) is 2.48. The molecule has 0 bridgehead atoms. The van der Waals surface area contributed by atoms with Crippen molar-refractivity contribution in [2.45, 2.75) is 18.4 Å². The van der Waals surface area contributed by atoms with Crippen molar-refractivity contribution in [2.24, 2.45) is 0 Å². The first kappa shape index (κ1) is 30.3. The minimum absolute atomic E-state index is 0. The first-order chi connectivity index (χ1) is 5.78. The molecule has 0 aromatic rings. The molecule has 7 nitrogen and oxygen atoms in total. The number of carboxylic acids is 3. The fourth-order valence-corrected chi connectivity index (χ4v) is 0.714. The second-order valence-corrected chi connectivity index (χ2v) is 2.48. The first-order valence-electron chi connectivity index (χ1n) is 3.17. The Labute approximate surface area is 132 Å². The standard InChI is InChI=1S/C6H8O7.3ClH.Sb.3H/c7-3(8)1-6(13,5(11)12)2-4(9)10;;;;;;;/h13H,1-2H2,(H,7,8)(H,9,10)(H,11,12);3*1H;;;;. The normalized spacial score (nSPS) is 8.29. The van der Waals surface area contributed by atoms with Crippen molar-refractivity contribution in [3.05, 3.63) is 0 Å². The minimum atomic E-state index is -2.74. The quantitative estimate of drug-likeness (QED) is 0.408. The third kappa shape index (κ3) is 12.3. The average Bonchev–Trinajstić information content (AvgIpc) is 1.82. The molecule has 11 heteroatoms. The van der Waals surface area contributed by atoms with E-state index in [-0.39, 0.29) is 61.6 Å². The molecule has 0 aromatic carbocycles. The number of carboxylic acid groups (broad SMARTS) is 3. The molecule has 0 heterocycles. The molecule has 4 N–H and O–H groups in total. The van der Waals surface area contributed by atoms with E-state index in [9.17, 15) is 14.4 Å². The van der Waals surface area contributed by atoms with E-state index in [4.69, 9.17) is 20.4 Å². The van der Waals surface area contributed by atoms with E-state index in [1.165, 1.54) is 0 Å². The van der Waals surface area contributed by atoms with Gasteiger partial charge in [-0.15, -0.1) is 37.2 Å². The van der Waals surface area contributed by atoms with Crippen LogP contribution in [0.2, 0.25) is 0 Å². The van der Waals surface area contributed by atoms with Crippen LogP contribution in [0.5, 0.6) is 0 Å². The predicted octanol–water partition coefficient (Wildman–Crippen LogP) is -1.17. The molecular formula is C6H14Cl3O7Sb. The van der Waals surface area contributed by atoms with Crippen LogP contribution < -0.4 is 0 Å². The first-order valence-corrected chi connectivity index (χ1v) is 3.17. The van der Waals surface area contributed by atoms with Gasteiger partial charge in [-0.3, -0.25) is 9.59 Å². The van der Waals surface area contributed by atoms with Gasteiger partial charge in [-0.2, -0.15) is 0 Å². The number of rotatable bonds is 5. The summed E-state index contributed by atoms with van der Waals surface area (Å²) < 4.78 is 0. The summed E-state index contributed by atoms with van der Waals surface area (Å²) in [6, 6.07) is 0. The Balaban J connectivity index is -0.000000120. The van der Waals surface area contributed by atoms with E-state index in [0.29, 0.717) is 0 Å². The zero-order valence-corrected chi connectivity index (χ0v) is 14.8. The molecule has 0 rings (SSSR count). The molecule has 17 heavy (non-hydrogen) atoms. The molecule has 0 saturated heterocycles. The van der Waals surface area contributed by atoms with Crippen molar-refractivity contribution in [1.29, 1.82) is 0 Å². The summed E-state index contributed by atoms with van der Waals surface area (Å²) in [6.45, 7) is 0. The van der Waals surface area contributed by atoms with Crippen LogP contribution in [0.25, 0.3) is 0 Å². The Hall–Kier alpha value is 0.0582. The summed E-state index contributed by atoms with van der Waals surface area (Å²) in [7, 11) is 0. The third-order valence-electron chi connectivity index (χ3n) is 1.29. The van der Waals surface area contributed by atoms with Crippen LogP contribution in [0.4, 0.5) is 0 Å². The van der Waals surface area contributed by atoms with Crippen molar-refractivity contribution in [3.63, 3.8) is 0 Å². The Bertz CT molecular complexity index is 244. The number of aliphatic carboxylic acids is 3. The van der Waals surface area contributed by atoms with Gasteiger partial charge in [-0.25, -0.2) is 4.79 Å². The van der Waals surface area contributed by atoms with Crippen LogP contribution in [0.3, 0.4) is 0 Å². The number of hydrogen-bond acceptors (Lipinski definition) is 4. The third-order valence-corrected chi connectivity index (χ3v) is 1.29. The molecule has 0 amide bonds. The molecule has 106 valence electrons. The molecule has 0 fully saturated rings. The van der Waals surface area contributed by atoms with Gasteiger partial charge in [0.05, 0.1) is 12.8 Å². The maximum atomic E-state index is 10.3. The molecule has 0 spiro atoms. The molecule has 0 saturated carbocycles. The van der Waals surface area contributed by atoms with Crippen LogP contribution in [0.15, 0.2) is 0 Å². The summed E-state index contributed by atoms with van der Waals surface area (Å²) in [5.41, 5.74) is -2.74. The van der Waals surface area contributed by atoms with Crippen LogP contribution >= 0.6 is 37.2 Å². The van der Waals surface area contributed by atoms with Gasteiger partial charge in [0.1, 0.15) is 0 Å². The molecule has 0 aliphatic heterocycles. The SMILES string of the molecule is Cl.Cl.Cl.O=C(O)CC(O)(CC(=O)O)C(=O)O.[SbH3]. The van der Waals surface area contributed by atoms with Gasteiger partial charge in [0, 0.05) is 0 Å². The van der Waals surface area contributed by atoms with Crippen LogP contribution in [-0.4, -0.2) is 68.4 Å². The van der Waals surface area contributed by atoms with Gasteiger partial charge in [0.15, 0.2) is 5.60 Å². The number of hydrogen-bond donors (Lipinski definition) is 4. The summed E-state index contributed by atoms with van der Waals surface area (Å²) >= 11 is 0. The van der Waals surface area contributed by atoms with E-state index in [0.717, 1.165) is 0 Å². The fraction of sp³-hybridized carbons (Fsp3) is 0.500. The molecule has 0 aliphatic carbocycles. The molecule has 0 unspecified atom stereocenters. The molecule has 0 radical (unpaired) electrons. The van der Waals surface area contributed by atoms with Crippen molar-refractivity contribution in [2.75, 3.05) is 0 Å². The average molecular weight is 426 g/mol. The van der Waals surface area contributed by atoms with E-state index in [2.05, 4.69) is 0 Å². The van der Waals surface area contributed by atoms with E-state index >= 15 is 0 Å². The number of aliphatic hydroxyl groups is 1. The van der Waals surface area contributed by atoms with E-state index < -0.39 is 36.4 Å². The van der Waals surface area contributed by atoms with Gasteiger partial charge in [-0.1, -0.05) is 0 Å². The van der Waals surface area contributed by atoms with Gasteiger partial charge < -0.3 is 20.4 Å². The number of halogens is 3. The maximum absolute atomic E-state index is 10.3. The van der Waals surface area contributed by atoms with Crippen LogP contribution in [0.1, 0.15) is 12.8 Å². The fourth-order valence-electron chi connectivity index (χ4n) is 0.714. The summed E-state index contributed by atoms with van der Waals surface area (Å²) in [5.74, 6) is -5.02. The van der Waals surface area contributed by atoms with Crippen LogP contribution in [-0.2, 0) is 14.4 Å². The Morgan fingerprint density at radius 1 is 0.824 bits per heavy atom. The second kappa shape index (κ2) is 12.5. The monoisotopic (exact) mass is 424 g/mol. The van der Waals surface area contributed by atoms with Crippen molar-refractivity contribution in [3.8, 4) is 0 Å². The van der Waals surface area contributed by atoms with Gasteiger partial charge >= 0.3 is 42.3 Å². The Morgan fingerprint density at radius 2 is 1.06 bits per heavy atom. The zero-order valence-electron chi connectivity index (χ0n) is 8.36. The summed E-state index contributed by atoms with van der Waals surface area (Å²) in [4.78, 5) is 30.5. The molecule has 0 aliphatic rings. The van der Waals surface area contributed by atoms with Crippen molar-refractivity contribution < 1.29 is 34.8 Å². The van der Waals surface area contributed by atoms with Crippen molar-refractivity contribution >= 4 is 79.6 Å². The Kier molecular flexibility index (Phi) is 22.3.